The lowest BCUT2D eigenvalue weighted by atomic mass is 10.3. The first-order valence-electron chi connectivity index (χ1n) is 6.07. The van der Waals surface area contributed by atoms with Gasteiger partial charge in [0, 0.05) is 12.1 Å². The topological polar surface area (TPSA) is 67.4 Å². The molecule has 1 fully saturated rings. The summed E-state index contributed by atoms with van der Waals surface area (Å²) in [5.41, 5.74) is -0.0858. The van der Waals surface area contributed by atoms with E-state index < -0.39 is 15.8 Å². The van der Waals surface area contributed by atoms with Gasteiger partial charge in [0.05, 0.1) is 18.6 Å². The maximum Gasteiger partial charge on any atom is 0.234 e. The second-order valence-corrected chi connectivity index (χ2v) is 6.29. The average molecular weight is 288 g/mol. The molecular formula is C12H17FN2O3S. The van der Waals surface area contributed by atoms with Crippen LogP contribution in [0.15, 0.2) is 18.2 Å². The van der Waals surface area contributed by atoms with Crippen molar-refractivity contribution in [1.29, 1.82) is 0 Å². The summed E-state index contributed by atoms with van der Waals surface area (Å²) in [6.07, 6.45) is 1.79. The smallest absolute Gasteiger partial charge is 0.234 e. The van der Waals surface area contributed by atoms with E-state index in [4.69, 9.17) is 4.74 Å². The molecule has 2 N–H and O–H groups in total. The Morgan fingerprint density at radius 2 is 2.32 bits per heavy atom. The molecule has 7 heteroatoms. The van der Waals surface area contributed by atoms with Crippen molar-refractivity contribution in [2.75, 3.05) is 24.1 Å². The molecule has 1 saturated heterocycles. The summed E-state index contributed by atoms with van der Waals surface area (Å²) in [4.78, 5) is 0. The predicted octanol–water partition coefficient (Wildman–Crippen LogP) is 1.33. The van der Waals surface area contributed by atoms with Crippen LogP contribution in [0, 0.1) is 5.82 Å². The highest BCUT2D eigenvalue weighted by molar-refractivity contribution is 7.92. The maximum absolute atomic E-state index is 13.6. The van der Waals surface area contributed by atoms with Crippen molar-refractivity contribution in [2.45, 2.75) is 18.9 Å². The fraction of sp³-hybridized carbons (Fsp3) is 0.500. The van der Waals surface area contributed by atoms with E-state index in [0.717, 1.165) is 19.4 Å². The molecule has 0 radical (unpaired) electrons. The number of anilines is 1. The number of benzene rings is 1. The van der Waals surface area contributed by atoms with Gasteiger partial charge in [-0.15, -0.1) is 0 Å². The van der Waals surface area contributed by atoms with E-state index in [9.17, 15) is 12.8 Å². The Labute approximate surface area is 112 Å². The highest BCUT2D eigenvalue weighted by Gasteiger charge is 2.22. The van der Waals surface area contributed by atoms with Crippen LogP contribution in [-0.4, -0.2) is 33.9 Å². The second kappa shape index (κ2) is 5.75. The van der Waals surface area contributed by atoms with Gasteiger partial charge in [0.15, 0.2) is 0 Å². The Morgan fingerprint density at radius 3 is 2.95 bits per heavy atom. The fourth-order valence-electron chi connectivity index (χ4n) is 2.08. The number of rotatable bonds is 5. The van der Waals surface area contributed by atoms with Crippen LogP contribution in [-0.2, 0) is 10.0 Å². The summed E-state index contributed by atoms with van der Waals surface area (Å²) in [5, 5.41) is 3.10. The third kappa shape index (κ3) is 3.81. The summed E-state index contributed by atoms with van der Waals surface area (Å²) in [5.74, 6) is -0.272. The molecule has 1 aromatic carbocycles. The van der Waals surface area contributed by atoms with Crippen molar-refractivity contribution in [3.8, 4) is 5.75 Å². The summed E-state index contributed by atoms with van der Waals surface area (Å²) in [7, 11) is -2.14. The molecule has 2 rings (SSSR count). The van der Waals surface area contributed by atoms with Gasteiger partial charge in [0.1, 0.15) is 11.6 Å². The number of nitrogens with one attached hydrogen (secondary N) is 2. The third-order valence-corrected chi connectivity index (χ3v) is 4.39. The summed E-state index contributed by atoms with van der Waals surface area (Å²) in [6.45, 7) is 0.827. The maximum atomic E-state index is 13.6. The molecule has 0 aromatic heterocycles. The molecule has 1 aliphatic heterocycles. The second-order valence-electron chi connectivity index (χ2n) is 4.52. The summed E-state index contributed by atoms with van der Waals surface area (Å²) >= 11 is 0. The van der Waals surface area contributed by atoms with Gasteiger partial charge in [-0.2, -0.15) is 0 Å². The number of sulfonamides is 1. The van der Waals surface area contributed by atoms with Gasteiger partial charge in [-0.05, 0) is 31.5 Å². The lowest BCUT2D eigenvalue weighted by molar-refractivity contribution is 0.414. The lowest BCUT2D eigenvalue weighted by Gasteiger charge is -2.13. The summed E-state index contributed by atoms with van der Waals surface area (Å²) < 4.78 is 44.7. The minimum atomic E-state index is -3.57. The van der Waals surface area contributed by atoms with Crippen LogP contribution in [0.5, 0.6) is 5.75 Å². The molecule has 0 amide bonds. The molecule has 1 aromatic rings. The Balaban J connectivity index is 2.10. The van der Waals surface area contributed by atoms with E-state index >= 15 is 0 Å². The first kappa shape index (κ1) is 14.1. The van der Waals surface area contributed by atoms with Crippen LogP contribution in [0.4, 0.5) is 10.1 Å². The molecule has 19 heavy (non-hydrogen) atoms. The Bertz CT molecular complexity index is 542. The van der Waals surface area contributed by atoms with Crippen LogP contribution in [0.1, 0.15) is 12.8 Å². The van der Waals surface area contributed by atoms with E-state index in [1.807, 2.05) is 0 Å². The minimum absolute atomic E-state index is 0.0519. The van der Waals surface area contributed by atoms with Crippen LogP contribution in [0.2, 0.25) is 0 Å². The number of halogens is 1. The SMILES string of the molecule is COc1ccc(F)c(NS(=O)(=O)CC2CCCN2)c1. The van der Waals surface area contributed by atoms with Crippen molar-refractivity contribution in [3.05, 3.63) is 24.0 Å². The molecule has 1 aliphatic rings. The molecule has 1 heterocycles. The molecule has 0 aliphatic carbocycles. The summed E-state index contributed by atoms with van der Waals surface area (Å²) in [6, 6.07) is 3.87. The minimum Gasteiger partial charge on any atom is -0.497 e. The monoisotopic (exact) mass is 288 g/mol. The van der Waals surface area contributed by atoms with E-state index in [1.54, 1.807) is 0 Å². The van der Waals surface area contributed by atoms with Crippen molar-refractivity contribution in [1.82, 2.24) is 5.32 Å². The van der Waals surface area contributed by atoms with E-state index in [-0.39, 0.29) is 17.5 Å². The zero-order valence-electron chi connectivity index (χ0n) is 10.6. The normalized spacial score (nSPS) is 19.4. The van der Waals surface area contributed by atoms with E-state index in [1.165, 1.54) is 25.3 Å². The number of methoxy groups -OCH3 is 1. The number of hydrogen-bond acceptors (Lipinski definition) is 4. The number of ether oxygens (including phenoxy) is 1. The third-order valence-electron chi connectivity index (χ3n) is 3.02. The molecular weight excluding hydrogens is 271 g/mol. The molecule has 0 spiro atoms. The standard InChI is InChI=1S/C12H17FN2O3S/c1-18-10-4-5-11(13)12(7-10)15-19(16,17)8-9-3-2-6-14-9/h4-5,7,9,14-15H,2-3,6,8H2,1H3. The quantitative estimate of drug-likeness (QED) is 0.857. The molecule has 0 saturated carbocycles. The molecule has 1 unspecified atom stereocenters. The Kier molecular flexibility index (Phi) is 4.26. The zero-order valence-corrected chi connectivity index (χ0v) is 11.5. The van der Waals surface area contributed by atoms with Crippen LogP contribution < -0.4 is 14.8 Å². The van der Waals surface area contributed by atoms with Crippen molar-refractivity contribution in [2.24, 2.45) is 0 Å². The number of hydrogen-bond donors (Lipinski definition) is 2. The van der Waals surface area contributed by atoms with E-state index in [0.29, 0.717) is 5.75 Å². The van der Waals surface area contributed by atoms with Crippen LogP contribution in [0.25, 0.3) is 0 Å². The van der Waals surface area contributed by atoms with Gasteiger partial charge < -0.3 is 10.1 Å². The average Bonchev–Trinajstić information content (AvgIpc) is 2.83. The molecule has 5 nitrogen and oxygen atoms in total. The lowest BCUT2D eigenvalue weighted by Crippen LogP contribution is -2.33. The molecule has 1 atom stereocenters. The van der Waals surface area contributed by atoms with Gasteiger partial charge in [-0.25, -0.2) is 12.8 Å². The first-order chi connectivity index (χ1) is 9.00. The van der Waals surface area contributed by atoms with Crippen LogP contribution >= 0.6 is 0 Å². The van der Waals surface area contributed by atoms with Crippen LogP contribution in [0.3, 0.4) is 0 Å². The van der Waals surface area contributed by atoms with Gasteiger partial charge >= 0.3 is 0 Å². The fourth-order valence-corrected chi connectivity index (χ4v) is 3.47. The first-order valence-corrected chi connectivity index (χ1v) is 7.73. The molecule has 0 bridgehead atoms. The largest absolute Gasteiger partial charge is 0.497 e. The predicted molar refractivity (Wildman–Crippen MR) is 71.4 cm³/mol. The van der Waals surface area contributed by atoms with Crippen molar-refractivity contribution < 1.29 is 17.5 Å². The van der Waals surface area contributed by atoms with E-state index in [2.05, 4.69) is 10.0 Å². The van der Waals surface area contributed by atoms with Crippen molar-refractivity contribution >= 4 is 15.7 Å². The van der Waals surface area contributed by atoms with Gasteiger partial charge in [-0.3, -0.25) is 4.72 Å². The Hall–Kier alpha value is -1.34. The van der Waals surface area contributed by atoms with Gasteiger partial charge in [0.2, 0.25) is 10.0 Å². The molecule has 106 valence electrons. The highest BCUT2D eigenvalue weighted by atomic mass is 32.2. The van der Waals surface area contributed by atoms with Gasteiger partial charge in [-0.1, -0.05) is 0 Å². The van der Waals surface area contributed by atoms with Gasteiger partial charge in [0.25, 0.3) is 0 Å². The van der Waals surface area contributed by atoms with Crippen molar-refractivity contribution in [3.63, 3.8) is 0 Å². The Morgan fingerprint density at radius 1 is 1.53 bits per heavy atom. The highest BCUT2D eigenvalue weighted by Crippen LogP contribution is 2.22. The zero-order chi connectivity index (χ0) is 13.9.